The minimum atomic E-state index is 0.0605. The summed E-state index contributed by atoms with van der Waals surface area (Å²) in [6.45, 7) is 2.24. The normalized spacial score (nSPS) is 35.2. The van der Waals surface area contributed by atoms with E-state index in [1.807, 2.05) is 0 Å². The van der Waals surface area contributed by atoms with Crippen LogP contribution in [0, 0.1) is 17.8 Å². The highest BCUT2D eigenvalue weighted by molar-refractivity contribution is 5.17. The Kier molecular flexibility index (Phi) is 3.11. The lowest BCUT2D eigenvalue weighted by molar-refractivity contribution is 0.181. The maximum Gasteiger partial charge on any atom is 0.185 e. The van der Waals surface area contributed by atoms with E-state index in [2.05, 4.69) is 19.1 Å². The average Bonchev–Trinajstić information content (AvgIpc) is 2.38. The van der Waals surface area contributed by atoms with Gasteiger partial charge in [-0.05, 0) is 30.6 Å². The molecule has 0 saturated heterocycles. The van der Waals surface area contributed by atoms with Crippen LogP contribution in [0.15, 0.2) is 39.8 Å². The van der Waals surface area contributed by atoms with Crippen molar-refractivity contribution in [1.29, 1.82) is 0 Å². The van der Waals surface area contributed by atoms with Crippen molar-refractivity contribution < 1.29 is 4.42 Å². The summed E-state index contributed by atoms with van der Waals surface area (Å²) in [5.74, 6) is 3.08. The molecule has 0 N–H and O–H groups in total. The number of fused-ring (bicyclic) bond motifs is 1. The molecule has 4 atom stereocenters. The van der Waals surface area contributed by atoms with E-state index in [9.17, 15) is 4.79 Å². The molecule has 2 aliphatic carbocycles. The summed E-state index contributed by atoms with van der Waals surface area (Å²) in [5.41, 5.74) is 0.0605. The van der Waals surface area contributed by atoms with Crippen molar-refractivity contribution in [1.82, 2.24) is 0 Å². The zero-order valence-corrected chi connectivity index (χ0v) is 10.8. The largest absolute Gasteiger partial charge is 0.469 e. The lowest BCUT2D eigenvalue weighted by atomic mass is 9.64. The summed E-state index contributed by atoms with van der Waals surface area (Å²) < 4.78 is 5.63. The molecule has 0 unspecified atom stereocenters. The first-order valence-electron chi connectivity index (χ1n) is 7.03. The van der Waals surface area contributed by atoms with Crippen molar-refractivity contribution in [3.63, 3.8) is 0 Å². The highest BCUT2D eigenvalue weighted by Gasteiger charge is 2.37. The van der Waals surface area contributed by atoms with Crippen LogP contribution in [0.4, 0.5) is 0 Å². The fourth-order valence-corrected chi connectivity index (χ4v) is 3.75. The third kappa shape index (κ3) is 2.05. The molecule has 96 valence electrons. The van der Waals surface area contributed by atoms with Gasteiger partial charge >= 0.3 is 0 Å². The summed E-state index contributed by atoms with van der Waals surface area (Å²) >= 11 is 0. The second-order valence-corrected chi connectivity index (χ2v) is 5.75. The third-order valence-electron chi connectivity index (χ3n) is 4.61. The van der Waals surface area contributed by atoms with Crippen LogP contribution in [0.25, 0.3) is 0 Å². The first-order chi connectivity index (χ1) is 8.75. The van der Waals surface area contributed by atoms with Crippen molar-refractivity contribution in [2.45, 2.75) is 38.5 Å². The second kappa shape index (κ2) is 4.75. The van der Waals surface area contributed by atoms with Gasteiger partial charge in [0.15, 0.2) is 5.43 Å². The Labute approximate surface area is 108 Å². The minimum Gasteiger partial charge on any atom is -0.469 e. The molecule has 0 radical (unpaired) electrons. The maximum atomic E-state index is 11.5. The third-order valence-corrected chi connectivity index (χ3v) is 4.61. The van der Waals surface area contributed by atoms with Crippen molar-refractivity contribution in [3.05, 3.63) is 46.5 Å². The van der Waals surface area contributed by atoms with E-state index in [-0.39, 0.29) is 5.43 Å². The van der Waals surface area contributed by atoms with E-state index in [4.69, 9.17) is 4.42 Å². The van der Waals surface area contributed by atoms with Gasteiger partial charge in [-0.1, -0.05) is 31.9 Å². The molecule has 0 amide bonds. The molecule has 1 aromatic rings. The van der Waals surface area contributed by atoms with E-state index < -0.39 is 0 Å². The van der Waals surface area contributed by atoms with Crippen molar-refractivity contribution in [2.75, 3.05) is 0 Å². The van der Waals surface area contributed by atoms with Crippen LogP contribution in [0.3, 0.4) is 0 Å². The van der Waals surface area contributed by atoms with Gasteiger partial charge in [0, 0.05) is 18.1 Å². The van der Waals surface area contributed by atoms with E-state index in [1.165, 1.54) is 31.7 Å². The maximum absolute atomic E-state index is 11.5. The van der Waals surface area contributed by atoms with Gasteiger partial charge in [-0.15, -0.1) is 0 Å². The number of hydrogen-bond donors (Lipinski definition) is 0. The predicted octanol–water partition coefficient (Wildman–Crippen LogP) is 3.74. The number of hydrogen-bond acceptors (Lipinski definition) is 2. The molecule has 2 nitrogen and oxygen atoms in total. The number of rotatable bonds is 1. The summed E-state index contributed by atoms with van der Waals surface area (Å²) in [6.07, 6.45) is 11.5. The SMILES string of the molecule is C[C@H]1C=C[C@H]2CCCC[C@H]2[C@@H]1c1cc(=O)cco1. The zero-order chi connectivity index (χ0) is 12.5. The summed E-state index contributed by atoms with van der Waals surface area (Å²) in [5, 5.41) is 0. The summed E-state index contributed by atoms with van der Waals surface area (Å²) in [7, 11) is 0. The van der Waals surface area contributed by atoms with Crippen LogP contribution in [0.5, 0.6) is 0 Å². The van der Waals surface area contributed by atoms with Crippen LogP contribution in [-0.2, 0) is 0 Å². The van der Waals surface area contributed by atoms with Crippen LogP contribution in [-0.4, -0.2) is 0 Å². The van der Waals surface area contributed by atoms with Gasteiger partial charge in [0.1, 0.15) is 5.76 Å². The van der Waals surface area contributed by atoms with Crippen LogP contribution >= 0.6 is 0 Å². The molecule has 18 heavy (non-hydrogen) atoms. The van der Waals surface area contributed by atoms with Crippen molar-refractivity contribution in [3.8, 4) is 0 Å². The first-order valence-corrected chi connectivity index (χ1v) is 7.03. The van der Waals surface area contributed by atoms with E-state index in [0.29, 0.717) is 23.7 Å². The standard InChI is InChI=1S/C16H20O2/c1-11-6-7-12-4-2-3-5-14(12)16(11)15-10-13(17)8-9-18-15/h6-12,14,16H,2-5H2,1H3/t11-,12+,14+,16+/m0/s1. The monoisotopic (exact) mass is 244 g/mol. The predicted molar refractivity (Wildman–Crippen MR) is 71.5 cm³/mol. The lowest BCUT2D eigenvalue weighted by Crippen LogP contribution is -2.31. The van der Waals surface area contributed by atoms with Gasteiger partial charge in [-0.3, -0.25) is 4.79 Å². The van der Waals surface area contributed by atoms with Crippen LogP contribution < -0.4 is 5.43 Å². The fraction of sp³-hybridized carbons (Fsp3) is 0.562. The van der Waals surface area contributed by atoms with E-state index in [0.717, 1.165) is 5.76 Å². The van der Waals surface area contributed by atoms with E-state index in [1.54, 1.807) is 12.3 Å². The molecular weight excluding hydrogens is 224 g/mol. The van der Waals surface area contributed by atoms with Gasteiger partial charge in [0.2, 0.25) is 0 Å². The molecule has 2 aliphatic rings. The molecule has 0 aromatic carbocycles. The lowest BCUT2D eigenvalue weighted by Gasteiger charge is -2.40. The Morgan fingerprint density at radius 3 is 2.89 bits per heavy atom. The highest BCUT2D eigenvalue weighted by Crippen LogP contribution is 2.47. The average molecular weight is 244 g/mol. The molecule has 2 heteroatoms. The van der Waals surface area contributed by atoms with E-state index >= 15 is 0 Å². The molecule has 1 fully saturated rings. The second-order valence-electron chi connectivity index (χ2n) is 5.75. The number of allylic oxidation sites excluding steroid dienone is 2. The fourth-order valence-electron chi connectivity index (χ4n) is 3.75. The summed E-state index contributed by atoms with van der Waals surface area (Å²) in [6, 6.07) is 3.18. The molecule has 0 bridgehead atoms. The topological polar surface area (TPSA) is 30.2 Å². The van der Waals surface area contributed by atoms with Gasteiger partial charge in [-0.2, -0.15) is 0 Å². The molecular formula is C16H20O2. The first kappa shape index (κ1) is 11.8. The smallest absolute Gasteiger partial charge is 0.185 e. The molecule has 1 aromatic heterocycles. The zero-order valence-electron chi connectivity index (χ0n) is 10.8. The van der Waals surface area contributed by atoms with Gasteiger partial charge in [0.25, 0.3) is 0 Å². The summed E-state index contributed by atoms with van der Waals surface area (Å²) in [4.78, 5) is 11.5. The van der Waals surface area contributed by atoms with Crippen LogP contribution in [0.2, 0.25) is 0 Å². The molecule has 3 rings (SSSR count). The van der Waals surface area contributed by atoms with Gasteiger partial charge < -0.3 is 4.42 Å². The molecule has 1 saturated carbocycles. The van der Waals surface area contributed by atoms with Crippen LogP contribution in [0.1, 0.15) is 44.3 Å². The van der Waals surface area contributed by atoms with Crippen molar-refractivity contribution in [2.24, 2.45) is 17.8 Å². The van der Waals surface area contributed by atoms with Gasteiger partial charge in [-0.25, -0.2) is 0 Å². The Balaban J connectivity index is 1.98. The Bertz CT molecular complexity index is 500. The highest BCUT2D eigenvalue weighted by atomic mass is 16.3. The molecule has 1 heterocycles. The molecule has 0 spiro atoms. The Hall–Kier alpha value is -1.31. The molecule has 0 aliphatic heterocycles. The van der Waals surface area contributed by atoms with Crippen molar-refractivity contribution >= 4 is 0 Å². The minimum absolute atomic E-state index is 0.0605. The Morgan fingerprint density at radius 1 is 1.22 bits per heavy atom. The van der Waals surface area contributed by atoms with Gasteiger partial charge in [0.05, 0.1) is 6.26 Å². The Morgan fingerprint density at radius 2 is 2.06 bits per heavy atom. The quantitative estimate of drug-likeness (QED) is 0.704.